The molecule has 0 fully saturated rings. The highest BCUT2D eigenvalue weighted by molar-refractivity contribution is 9.10. The van der Waals surface area contributed by atoms with Gasteiger partial charge in [0.25, 0.3) is 15.0 Å². The topological polar surface area (TPSA) is 63.2 Å². The van der Waals surface area contributed by atoms with Gasteiger partial charge in [0.1, 0.15) is 0 Å². The van der Waals surface area contributed by atoms with Crippen molar-refractivity contribution in [1.29, 1.82) is 0 Å². The van der Waals surface area contributed by atoms with Gasteiger partial charge < -0.3 is 5.32 Å². The van der Waals surface area contributed by atoms with Crippen LogP contribution in [0.2, 0.25) is 0 Å². The van der Waals surface area contributed by atoms with Gasteiger partial charge in [-0.3, -0.25) is 4.79 Å². The van der Waals surface area contributed by atoms with Crippen molar-refractivity contribution in [3.63, 3.8) is 0 Å². The maximum absolute atomic E-state index is 11.9. The summed E-state index contributed by atoms with van der Waals surface area (Å²) in [4.78, 5) is 11.8. The smallest absolute Gasteiger partial charge is 0.261 e. The van der Waals surface area contributed by atoms with E-state index < -0.39 is 15.0 Å². The molecular formula is C12H11BrClNO3S. The summed E-state index contributed by atoms with van der Waals surface area (Å²) in [6.07, 6.45) is 5.53. The Labute approximate surface area is 125 Å². The SMILES string of the molecule is C#CCC(C)NC(=O)c1cc(Br)cc(S(=O)(=O)Cl)c1. The molecule has 7 heteroatoms. The van der Waals surface area contributed by atoms with Crippen LogP contribution in [0.15, 0.2) is 27.6 Å². The lowest BCUT2D eigenvalue weighted by molar-refractivity contribution is 0.0940. The highest BCUT2D eigenvalue weighted by Gasteiger charge is 2.16. The van der Waals surface area contributed by atoms with Gasteiger partial charge in [0.15, 0.2) is 0 Å². The maximum Gasteiger partial charge on any atom is 0.261 e. The minimum atomic E-state index is -3.89. The summed E-state index contributed by atoms with van der Waals surface area (Å²) in [7, 11) is 1.37. The maximum atomic E-state index is 11.9. The van der Waals surface area contributed by atoms with E-state index in [9.17, 15) is 13.2 Å². The molecule has 1 unspecified atom stereocenters. The minimum Gasteiger partial charge on any atom is -0.349 e. The molecule has 0 aliphatic carbocycles. The van der Waals surface area contributed by atoms with Crippen molar-refractivity contribution in [2.45, 2.75) is 24.3 Å². The highest BCUT2D eigenvalue weighted by atomic mass is 79.9. The van der Waals surface area contributed by atoms with Crippen LogP contribution in [-0.4, -0.2) is 20.4 Å². The van der Waals surface area contributed by atoms with Gasteiger partial charge in [0.05, 0.1) is 4.90 Å². The van der Waals surface area contributed by atoms with Gasteiger partial charge in [-0.25, -0.2) is 8.42 Å². The van der Waals surface area contributed by atoms with Crippen LogP contribution in [0, 0.1) is 12.3 Å². The summed E-state index contributed by atoms with van der Waals surface area (Å²) < 4.78 is 23.0. The van der Waals surface area contributed by atoms with E-state index in [1.165, 1.54) is 18.2 Å². The summed E-state index contributed by atoms with van der Waals surface area (Å²) >= 11 is 3.14. The molecule has 1 rings (SSSR count). The number of hydrogen-bond acceptors (Lipinski definition) is 3. The summed E-state index contributed by atoms with van der Waals surface area (Å²) in [6.45, 7) is 1.76. The van der Waals surface area contributed by atoms with Crippen molar-refractivity contribution in [3.05, 3.63) is 28.2 Å². The molecule has 1 aromatic rings. The molecule has 0 radical (unpaired) electrons. The second kappa shape index (κ2) is 6.42. The number of halogens is 2. The van der Waals surface area contributed by atoms with E-state index in [1.807, 2.05) is 0 Å². The third-order valence-electron chi connectivity index (χ3n) is 2.22. The van der Waals surface area contributed by atoms with Crippen LogP contribution in [0.25, 0.3) is 0 Å². The third-order valence-corrected chi connectivity index (χ3v) is 4.01. The molecular weight excluding hydrogens is 354 g/mol. The fraction of sp³-hybridized carbons (Fsp3) is 0.250. The van der Waals surface area contributed by atoms with Crippen molar-refractivity contribution in [2.24, 2.45) is 0 Å². The summed E-state index contributed by atoms with van der Waals surface area (Å²) in [6, 6.07) is 3.84. The fourth-order valence-electron chi connectivity index (χ4n) is 1.37. The van der Waals surface area contributed by atoms with Crippen molar-refractivity contribution < 1.29 is 13.2 Å². The summed E-state index contributed by atoms with van der Waals surface area (Å²) in [5, 5.41) is 2.66. The van der Waals surface area contributed by atoms with Crippen LogP contribution >= 0.6 is 26.6 Å². The van der Waals surface area contributed by atoms with E-state index >= 15 is 0 Å². The van der Waals surface area contributed by atoms with Crippen LogP contribution in [0.4, 0.5) is 0 Å². The molecule has 0 aliphatic heterocycles. The molecule has 0 saturated heterocycles. The molecule has 1 amide bonds. The van der Waals surface area contributed by atoms with E-state index in [1.54, 1.807) is 6.92 Å². The number of hydrogen-bond donors (Lipinski definition) is 1. The first-order valence-electron chi connectivity index (χ1n) is 5.23. The van der Waals surface area contributed by atoms with Crippen LogP contribution in [0.1, 0.15) is 23.7 Å². The molecule has 0 heterocycles. The van der Waals surface area contributed by atoms with Gasteiger partial charge in [-0.1, -0.05) is 15.9 Å². The largest absolute Gasteiger partial charge is 0.349 e. The molecule has 0 aliphatic rings. The number of nitrogens with one attached hydrogen (secondary N) is 1. The Morgan fingerprint density at radius 2 is 2.16 bits per heavy atom. The first kappa shape index (κ1) is 16.0. The van der Waals surface area contributed by atoms with Gasteiger partial charge in [-0.05, 0) is 25.1 Å². The van der Waals surface area contributed by atoms with Crippen LogP contribution in [-0.2, 0) is 9.05 Å². The Balaban J connectivity index is 3.05. The van der Waals surface area contributed by atoms with Crippen molar-refractivity contribution in [2.75, 3.05) is 0 Å². The Morgan fingerprint density at radius 3 is 2.68 bits per heavy atom. The van der Waals surface area contributed by atoms with Crippen molar-refractivity contribution in [3.8, 4) is 12.3 Å². The zero-order valence-corrected chi connectivity index (χ0v) is 13.1. The molecule has 0 aromatic heterocycles. The predicted octanol–water partition coefficient (Wildman–Crippen LogP) is 2.52. The number of amides is 1. The molecule has 4 nitrogen and oxygen atoms in total. The Hall–Kier alpha value is -1.03. The van der Waals surface area contributed by atoms with Crippen molar-refractivity contribution in [1.82, 2.24) is 5.32 Å². The minimum absolute atomic E-state index is 0.140. The first-order chi connectivity index (χ1) is 8.74. The quantitative estimate of drug-likeness (QED) is 0.659. The molecule has 0 saturated carbocycles. The number of carbonyl (C=O) groups excluding carboxylic acids is 1. The van der Waals surface area contributed by atoms with Crippen LogP contribution < -0.4 is 5.32 Å². The molecule has 1 aromatic carbocycles. The third kappa shape index (κ3) is 4.86. The zero-order chi connectivity index (χ0) is 14.6. The van der Waals surface area contributed by atoms with Gasteiger partial charge in [0, 0.05) is 33.2 Å². The Bertz CT molecular complexity index is 637. The van der Waals surface area contributed by atoms with Crippen molar-refractivity contribution >= 4 is 41.6 Å². The molecule has 1 N–H and O–H groups in total. The van der Waals surface area contributed by atoms with E-state index in [0.717, 1.165) is 0 Å². The molecule has 102 valence electrons. The molecule has 0 bridgehead atoms. The van der Waals surface area contributed by atoms with E-state index in [4.69, 9.17) is 17.1 Å². The number of carbonyl (C=O) groups is 1. The average Bonchev–Trinajstić information content (AvgIpc) is 2.27. The number of benzene rings is 1. The van der Waals surface area contributed by atoms with Crippen LogP contribution in [0.3, 0.4) is 0 Å². The normalized spacial score (nSPS) is 12.5. The summed E-state index contributed by atoms with van der Waals surface area (Å²) in [5.41, 5.74) is 0.192. The average molecular weight is 365 g/mol. The first-order valence-corrected chi connectivity index (χ1v) is 8.34. The highest BCUT2D eigenvalue weighted by Crippen LogP contribution is 2.22. The van der Waals surface area contributed by atoms with Gasteiger partial charge in [0.2, 0.25) is 0 Å². The van der Waals surface area contributed by atoms with E-state index in [0.29, 0.717) is 10.9 Å². The van der Waals surface area contributed by atoms with E-state index in [2.05, 4.69) is 27.2 Å². The fourth-order valence-corrected chi connectivity index (χ4v) is 2.82. The lowest BCUT2D eigenvalue weighted by atomic mass is 10.2. The molecule has 0 spiro atoms. The van der Waals surface area contributed by atoms with Crippen LogP contribution in [0.5, 0.6) is 0 Å². The molecule has 1 atom stereocenters. The number of terminal acetylenes is 1. The lowest BCUT2D eigenvalue weighted by Gasteiger charge is -2.11. The Kier molecular flexibility index (Phi) is 5.41. The predicted molar refractivity (Wildman–Crippen MR) is 77.6 cm³/mol. The number of rotatable bonds is 4. The zero-order valence-electron chi connectivity index (χ0n) is 9.98. The molecule has 19 heavy (non-hydrogen) atoms. The van der Waals surface area contributed by atoms with Gasteiger partial charge in [-0.2, -0.15) is 0 Å². The van der Waals surface area contributed by atoms with Gasteiger partial charge in [-0.15, -0.1) is 12.3 Å². The standard InChI is InChI=1S/C12H11BrClNO3S/c1-3-4-8(2)15-12(16)9-5-10(13)7-11(6-9)19(14,17)18/h1,5-8H,4H2,2H3,(H,15,16). The second-order valence-electron chi connectivity index (χ2n) is 3.90. The van der Waals surface area contributed by atoms with E-state index in [-0.39, 0.29) is 16.5 Å². The lowest BCUT2D eigenvalue weighted by Crippen LogP contribution is -2.32. The Morgan fingerprint density at radius 1 is 1.53 bits per heavy atom. The van der Waals surface area contributed by atoms with Gasteiger partial charge >= 0.3 is 0 Å². The second-order valence-corrected chi connectivity index (χ2v) is 7.38. The summed E-state index contributed by atoms with van der Waals surface area (Å²) in [5.74, 6) is 2.02. The monoisotopic (exact) mass is 363 g/mol.